The van der Waals surface area contributed by atoms with Gasteiger partial charge in [0.05, 0.1) is 10.5 Å². The third-order valence-electron chi connectivity index (χ3n) is 5.57. The van der Waals surface area contributed by atoms with Crippen LogP contribution in [0.4, 0.5) is 4.79 Å². The number of amides is 2. The fourth-order valence-corrected chi connectivity index (χ4v) is 5.40. The molecule has 1 aromatic rings. The summed E-state index contributed by atoms with van der Waals surface area (Å²) in [6.45, 7) is 3.33. The molecular formula is C19H26N4O3S. The summed E-state index contributed by atoms with van der Waals surface area (Å²) in [6, 6.07) is 8.25. The van der Waals surface area contributed by atoms with Gasteiger partial charge in [0.1, 0.15) is 6.07 Å². The number of carbonyl (C=O) groups is 1. The van der Waals surface area contributed by atoms with Crippen molar-refractivity contribution in [1.29, 1.82) is 5.26 Å². The summed E-state index contributed by atoms with van der Waals surface area (Å²) >= 11 is 0. The van der Waals surface area contributed by atoms with Gasteiger partial charge in [-0.1, -0.05) is 31.9 Å². The molecule has 8 heteroatoms. The van der Waals surface area contributed by atoms with Crippen LogP contribution >= 0.6 is 0 Å². The van der Waals surface area contributed by atoms with Crippen LogP contribution in [0.15, 0.2) is 29.2 Å². The first-order valence-corrected chi connectivity index (χ1v) is 10.9. The van der Waals surface area contributed by atoms with Crippen LogP contribution in [0.1, 0.15) is 38.2 Å². The average molecular weight is 391 g/mol. The minimum atomic E-state index is -3.74. The number of rotatable bonds is 3. The lowest BCUT2D eigenvalue weighted by atomic mass is 9.86. The molecule has 2 amide bonds. The van der Waals surface area contributed by atoms with Gasteiger partial charge in [-0.25, -0.2) is 13.2 Å². The maximum atomic E-state index is 12.9. The second-order valence-electron chi connectivity index (χ2n) is 7.32. The zero-order valence-corrected chi connectivity index (χ0v) is 16.4. The lowest BCUT2D eigenvalue weighted by molar-refractivity contribution is 0.161. The Morgan fingerprint density at radius 3 is 2.48 bits per heavy atom. The van der Waals surface area contributed by atoms with Gasteiger partial charge in [-0.2, -0.15) is 9.57 Å². The van der Waals surface area contributed by atoms with E-state index in [0.717, 1.165) is 19.3 Å². The zero-order chi connectivity index (χ0) is 19.4. The monoisotopic (exact) mass is 390 g/mol. The fraction of sp³-hybridized carbons (Fsp3) is 0.579. The molecule has 0 bridgehead atoms. The normalized spacial score (nSPS) is 24.2. The van der Waals surface area contributed by atoms with Crippen LogP contribution in [-0.4, -0.2) is 55.9 Å². The molecule has 0 spiro atoms. The second kappa shape index (κ2) is 8.28. The van der Waals surface area contributed by atoms with E-state index in [1.54, 1.807) is 17.0 Å². The first-order chi connectivity index (χ1) is 12.9. The smallest absolute Gasteiger partial charge is 0.317 e. The van der Waals surface area contributed by atoms with Crippen molar-refractivity contribution in [3.8, 4) is 6.07 Å². The molecule has 1 aromatic carbocycles. The number of hydrogen-bond acceptors (Lipinski definition) is 4. The Balaban J connectivity index is 1.61. The summed E-state index contributed by atoms with van der Waals surface area (Å²) in [6.07, 6.45) is 4.50. The minimum absolute atomic E-state index is 0.0291. The first-order valence-electron chi connectivity index (χ1n) is 9.48. The lowest BCUT2D eigenvalue weighted by Gasteiger charge is -2.36. The van der Waals surface area contributed by atoms with E-state index in [2.05, 4.69) is 12.2 Å². The molecule has 1 saturated heterocycles. The van der Waals surface area contributed by atoms with Crippen LogP contribution < -0.4 is 5.32 Å². The highest BCUT2D eigenvalue weighted by Gasteiger charge is 2.32. The van der Waals surface area contributed by atoms with E-state index in [0.29, 0.717) is 19.0 Å². The molecule has 1 heterocycles. The van der Waals surface area contributed by atoms with Crippen molar-refractivity contribution in [3.05, 3.63) is 29.8 Å². The molecule has 0 radical (unpaired) electrons. The van der Waals surface area contributed by atoms with Crippen molar-refractivity contribution in [2.24, 2.45) is 5.92 Å². The van der Waals surface area contributed by atoms with Crippen LogP contribution in [0.5, 0.6) is 0 Å². The molecule has 2 aliphatic rings. The molecule has 1 aliphatic carbocycles. The van der Waals surface area contributed by atoms with Gasteiger partial charge in [0.15, 0.2) is 0 Å². The molecule has 27 heavy (non-hydrogen) atoms. The zero-order valence-electron chi connectivity index (χ0n) is 15.6. The van der Waals surface area contributed by atoms with Gasteiger partial charge in [0.2, 0.25) is 10.0 Å². The number of piperazine rings is 1. The molecule has 0 aromatic heterocycles. The van der Waals surface area contributed by atoms with E-state index in [-0.39, 0.29) is 35.6 Å². The summed E-state index contributed by atoms with van der Waals surface area (Å²) in [5.74, 6) is 0.479. The van der Waals surface area contributed by atoms with Gasteiger partial charge in [0.25, 0.3) is 0 Å². The summed E-state index contributed by atoms with van der Waals surface area (Å²) in [5, 5.41) is 12.3. The van der Waals surface area contributed by atoms with Gasteiger partial charge in [-0.05, 0) is 30.9 Å². The fourth-order valence-electron chi connectivity index (χ4n) is 3.84. The van der Waals surface area contributed by atoms with Gasteiger partial charge in [-0.3, -0.25) is 0 Å². The Morgan fingerprint density at radius 2 is 1.81 bits per heavy atom. The van der Waals surface area contributed by atoms with Crippen molar-refractivity contribution in [1.82, 2.24) is 14.5 Å². The molecule has 1 saturated carbocycles. The van der Waals surface area contributed by atoms with Gasteiger partial charge >= 0.3 is 6.03 Å². The van der Waals surface area contributed by atoms with E-state index in [4.69, 9.17) is 0 Å². The summed E-state index contributed by atoms with van der Waals surface area (Å²) < 4.78 is 27.1. The number of benzene rings is 1. The highest BCUT2D eigenvalue weighted by Crippen LogP contribution is 2.24. The Bertz CT molecular complexity index is 826. The van der Waals surface area contributed by atoms with Crippen LogP contribution in [-0.2, 0) is 10.0 Å². The van der Waals surface area contributed by atoms with E-state index >= 15 is 0 Å². The first kappa shape index (κ1) is 19.6. The van der Waals surface area contributed by atoms with E-state index < -0.39 is 10.0 Å². The molecule has 0 unspecified atom stereocenters. The predicted molar refractivity (Wildman–Crippen MR) is 101 cm³/mol. The summed E-state index contributed by atoms with van der Waals surface area (Å²) in [5.41, 5.74) is 0.143. The number of hydrogen-bond donors (Lipinski definition) is 1. The van der Waals surface area contributed by atoms with E-state index in [1.165, 1.54) is 22.9 Å². The number of nitrogens with zero attached hydrogens (tertiary/aromatic N) is 3. The number of carbonyl (C=O) groups excluding carboxylic acids is 1. The molecule has 146 valence electrons. The van der Waals surface area contributed by atoms with Crippen LogP contribution in [0.25, 0.3) is 0 Å². The SMILES string of the molecule is C[C@H]1CCCC[C@H]1NC(=O)N1CCN(S(=O)(=O)c2ccccc2C#N)CC1. The van der Waals surface area contributed by atoms with Crippen molar-refractivity contribution in [2.45, 2.75) is 43.5 Å². The molecule has 3 rings (SSSR count). The summed E-state index contributed by atoms with van der Waals surface area (Å²) in [4.78, 5) is 14.3. The predicted octanol–water partition coefficient (Wildman–Crippen LogP) is 2.15. The third kappa shape index (κ3) is 4.25. The molecule has 2 fully saturated rings. The van der Waals surface area contributed by atoms with E-state index in [1.807, 2.05) is 6.07 Å². The number of nitriles is 1. The van der Waals surface area contributed by atoms with Crippen LogP contribution in [0.3, 0.4) is 0 Å². The molecule has 2 atom stereocenters. The van der Waals surface area contributed by atoms with E-state index in [9.17, 15) is 18.5 Å². The van der Waals surface area contributed by atoms with Gasteiger partial charge in [-0.15, -0.1) is 0 Å². The Kier molecular flexibility index (Phi) is 6.02. The van der Waals surface area contributed by atoms with Crippen molar-refractivity contribution < 1.29 is 13.2 Å². The maximum absolute atomic E-state index is 12.9. The lowest BCUT2D eigenvalue weighted by Crippen LogP contribution is -2.55. The van der Waals surface area contributed by atoms with Crippen molar-refractivity contribution >= 4 is 16.1 Å². The Labute approximate surface area is 161 Å². The van der Waals surface area contributed by atoms with Gasteiger partial charge < -0.3 is 10.2 Å². The second-order valence-corrected chi connectivity index (χ2v) is 9.22. The standard InChI is InChI=1S/C19H26N4O3S/c1-15-6-2-4-8-17(15)21-19(24)22-10-12-23(13-11-22)27(25,26)18-9-5-3-7-16(18)14-20/h3,5,7,9,15,17H,2,4,6,8,10-13H2,1H3,(H,21,24)/t15-,17+/m0/s1. The Morgan fingerprint density at radius 1 is 1.15 bits per heavy atom. The highest BCUT2D eigenvalue weighted by atomic mass is 32.2. The summed E-state index contributed by atoms with van der Waals surface area (Å²) in [7, 11) is -3.74. The quantitative estimate of drug-likeness (QED) is 0.856. The van der Waals surface area contributed by atoms with Crippen molar-refractivity contribution in [2.75, 3.05) is 26.2 Å². The Hall–Kier alpha value is -2.11. The maximum Gasteiger partial charge on any atom is 0.317 e. The highest BCUT2D eigenvalue weighted by molar-refractivity contribution is 7.89. The topological polar surface area (TPSA) is 93.5 Å². The molecule has 7 nitrogen and oxygen atoms in total. The van der Waals surface area contributed by atoms with Crippen molar-refractivity contribution in [3.63, 3.8) is 0 Å². The van der Waals surface area contributed by atoms with Crippen LogP contribution in [0, 0.1) is 17.2 Å². The molecular weight excluding hydrogens is 364 g/mol. The largest absolute Gasteiger partial charge is 0.335 e. The van der Waals surface area contributed by atoms with Crippen LogP contribution in [0.2, 0.25) is 0 Å². The van der Waals surface area contributed by atoms with Gasteiger partial charge in [0, 0.05) is 32.2 Å². The number of nitrogens with one attached hydrogen (secondary N) is 1. The molecule has 1 aliphatic heterocycles. The third-order valence-corrected chi connectivity index (χ3v) is 7.53. The minimum Gasteiger partial charge on any atom is -0.335 e. The average Bonchev–Trinajstić information content (AvgIpc) is 2.69. The number of urea groups is 1. The molecule has 1 N–H and O–H groups in total. The number of sulfonamides is 1.